The van der Waals surface area contributed by atoms with Crippen molar-refractivity contribution in [1.82, 2.24) is 0 Å². The highest BCUT2D eigenvalue weighted by Crippen LogP contribution is 2.37. The second-order valence-corrected chi connectivity index (χ2v) is 6.65. The summed E-state index contributed by atoms with van der Waals surface area (Å²) in [6.45, 7) is 0.772. The maximum atomic E-state index is 13.3. The Kier molecular flexibility index (Phi) is 4.33. The predicted octanol–water partition coefficient (Wildman–Crippen LogP) is 5.02. The molecule has 0 aliphatic carbocycles. The molecular formula is C22H19F2NO. The predicted molar refractivity (Wildman–Crippen MR) is 98.4 cm³/mol. The summed E-state index contributed by atoms with van der Waals surface area (Å²) in [6, 6.07) is 18.6. The summed E-state index contributed by atoms with van der Waals surface area (Å²) in [5.74, 6) is -0.246. The normalized spacial score (nSPS) is 16.4. The van der Waals surface area contributed by atoms with E-state index in [0.717, 1.165) is 35.3 Å². The van der Waals surface area contributed by atoms with Crippen molar-refractivity contribution in [1.29, 1.82) is 0 Å². The summed E-state index contributed by atoms with van der Waals surface area (Å²) in [5, 5.41) is 9.81. The van der Waals surface area contributed by atoms with Gasteiger partial charge in [0.25, 0.3) is 0 Å². The first-order chi connectivity index (χ1) is 12.6. The van der Waals surface area contributed by atoms with Gasteiger partial charge in [-0.2, -0.15) is 0 Å². The number of benzene rings is 3. The van der Waals surface area contributed by atoms with Gasteiger partial charge < -0.3 is 10.0 Å². The van der Waals surface area contributed by atoms with E-state index >= 15 is 0 Å². The van der Waals surface area contributed by atoms with E-state index in [2.05, 4.69) is 4.90 Å². The quantitative estimate of drug-likeness (QED) is 0.716. The van der Waals surface area contributed by atoms with Gasteiger partial charge in [-0.1, -0.05) is 18.2 Å². The van der Waals surface area contributed by atoms with Crippen LogP contribution >= 0.6 is 0 Å². The van der Waals surface area contributed by atoms with E-state index in [1.165, 1.54) is 24.3 Å². The minimum atomic E-state index is -0.258. The molecule has 4 heteroatoms. The fraction of sp³-hybridized carbons (Fsp3) is 0.182. The molecular weight excluding hydrogens is 332 g/mol. The van der Waals surface area contributed by atoms with Gasteiger partial charge in [0.15, 0.2) is 0 Å². The second kappa shape index (κ2) is 6.79. The van der Waals surface area contributed by atoms with E-state index in [-0.39, 0.29) is 23.4 Å². The lowest BCUT2D eigenvalue weighted by molar-refractivity contribution is 0.472. The van der Waals surface area contributed by atoms with Crippen LogP contribution in [0.1, 0.15) is 22.7 Å². The minimum absolute atomic E-state index is 0.0373. The molecule has 1 aliphatic rings. The maximum Gasteiger partial charge on any atom is 0.123 e. The fourth-order valence-electron chi connectivity index (χ4n) is 3.70. The van der Waals surface area contributed by atoms with Crippen molar-refractivity contribution in [2.75, 3.05) is 11.4 Å². The van der Waals surface area contributed by atoms with Crippen LogP contribution in [0.5, 0.6) is 5.75 Å². The Balaban J connectivity index is 1.74. The fourth-order valence-corrected chi connectivity index (χ4v) is 3.70. The Morgan fingerprint density at radius 2 is 1.54 bits per heavy atom. The average Bonchev–Trinajstić information content (AvgIpc) is 2.64. The molecule has 26 heavy (non-hydrogen) atoms. The van der Waals surface area contributed by atoms with E-state index in [4.69, 9.17) is 0 Å². The van der Waals surface area contributed by atoms with Gasteiger partial charge in [-0.3, -0.25) is 0 Å². The molecule has 0 bridgehead atoms. The molecule has 0 spiro atoms. The van der Waals surface area contributed by atoms with Crippen LogP contribution in [0.15, 0.2) is 66.7 Å². The Morgan fingerprint density at radius 1 is 0.885 bits per heavy atom. The standard InChI is InChI=1S/C22H19F2NO/c23-17-3-1-15(2-4-17)13-22-21-10-9-20(26)14-16(21)11-12-25(22)19-7-5-18(24)6-8-19/h1-10,14,22,26H,11-13H2. The molecule has 1 atom stereocenters. The first-order valence-electron chi connectivity index (χ1n) is 8.68. The molecule has 1 aliphatic heterocycles. The molecule has 0 fully saturated rings. The molecule has 0 amide bonds. The molecule has 0 aromatic heterocycles. The van der Waals surface area contributed by atoms with Crippen molar-refractivity contribution in [2.24, 2.45) is 0 Å². The highest BCUT2D eigenvalue weighted by atomic mass is 19.1. The Labute approximate surface area is 151 Å². The summed E-state index contributed by atoms with van der Waals surface area (Å²) >= 11 is 0. The van der Waals surface area contributed by atoms with Crippen LogP contribution in [0.2, 0.25) is 0 Å². The number of nitrogens with zero attached hydrogens (tertiary/aromatic N) is 1. The highest BCUT2D eigenvalue weighted by Gasteiger charge is 2.28. The Bertz CT molecular complexity index is 906. The third kappa shape index (κ3) is 3.27. The van der Waals surface area contributed by atoms with E-state index in [1.54, 1.807) is 30.3 Å². The zero-order valence-corrected chi connectivity index (χ0v) is 14.2. The summed E-state index contributed by atoms with van der Waals surface area (Å²) in [6.07, 6.45) is 1.51. The number of hydrogen-bond acceptors (Lipinski definition) is 2. The summed E-state index contributed by atoms with van der Waals surface area (Å²) in [5.41, 5.74) is 4.25. The third-order valence-corrected chi connectivity index (χ3v) is 4.98. The van der Waals surface area contributed by atoms with E-state index in [9.17, 15) is 13.9 Å². The lowest BCUT2D eigenvalue weighted by Gasteiger charge is -2.39. The number of rotatable bonds is 3. The smallest absolute Gasteiger partial charge is 0.123 e. The molecule has 132 valence electrons. The number of fused-ring (bicyclic) bond motifs is 1. The zero-order valence-electron chi connectivity index (χ0n) is 14.2. The first kappa shape index (κ1) is 16.6. The van der Waals surface area contributed by atoms with Gasteiger partial charge in [0.05, 0.1) is 6.04 Å². The van der Waals surface area contributed by atoms with Crippen molar-refractivity contribution >= 4 is 5.69 Å². The lowest BCUT2D eigenvalue weighted by Crippen LogP contribution is -2.36. The van der Waals surface area contributed by atoms with Crippen LogP contribution in [0.25, 0.3) is 0 Å². The molecule has 1 unspecified atom stereocenters. The maximum absolute atomic E-state index is 13.3. The molecule has 1 N–H and O–H groups in total. The first-order valence-corrected chi connectivity index (χ1v) is 8.68. The summed E-state index contributed by atoms with van der Waals surface area (Å²) < 4.78 is 26.6. The molecule has 2 nitrogen and oxygen atoms in total. The van der Waals surface area contributed by atoms with Crippen LogP contribution in [-0.4, -0.2) is 11.7 Å². The van der Waals surface area contributed by atoms with Crippen molar-refractivity contribution in [3.05, 3.63) is 95.1 Å². The number of halogens is 2. The van der Waals surface area contributed by atoms with Gasteiger partial charge in [0, 0.05) is 12.2 Å². The van der Waals surface area contributed by atoms with Crippen LogP contribution in [0, 0.1) is 11.6 Å². The van der Waals surface area contributed by atoms with Crippen LogP contribution < -0.4 is 4.90 Å². The van der Waals surface area contributed by atoms with Crippen LogP contribution in [0.4, 0.5) is 14.5 Å². The Hall–Kier alpha value is -2.88. The lowest BCUT2D eigenvalue weighted by atomic mass is 9.88. The van der Waals surface area contributed by atoms with Crippen LogP contribution in [-0.2, 0) is 12.8 Å². The largest absolute Gasteiger partial charge is 0.508 e. The van der Waals surface area contributed by atoms with Gasteiger partial charge in [0.1, 0.15) is 17.4 Å². The molecule has 1 heterocycles. The molecule has 0 radical (unpaired) electrons. The van der Waals surface area contributed by atoms with Crippen molar-refractivity contribution in [2.45, 2.75) is 18.9 Å². The summed E-state index contributed by atoms with van der Waals surface area (Å²) in [7, 11) is 0. The topological polar surface area (TPSA) is 23.5 Å². The van der Waals surface area contributed by atoms with Gasteiger partial charge in [-0.05, 0) is 78.1 Å². The number of hydrogen-bond donors (Lipinski definition) is 1. The van der Waals surface area contributed by atoms with Gasteiger partial charge in [-0.25, -0.2) is 8.78 Å². The SMILES string of the molecule is Oc1ccc2c(c1)CCN(c1ccc(F)cc1)C2Cc1ccc(F)cc1. The van der Waals surface area contributed by atoms with E-state index < -0.39 is 0 Å². The van der Waals surface area contributed by atoms with E-state index in [1.807, 2.05) is 12.1 Å². The van der Waals surface area contributed by atoms with Crippen molar-refractivity contribution < 1.29 is 13.9 Å². The molecule has 3 aromatic rings. The van der Waals surface area contributed by atoms with Gasteiger partial charge in [-0.15, -0.1) is 0 Å². The zero-order chi connectivity index (χ0) is 18.1. The van der Waals surface area contributed by atoms with Gasteiger partial charge in [0.2, 0.25) is 0 Å². The summed E-state index contributed by atoms with van der Waals surface area (Å²) in [4.78, 5) is 2.25. The molecule has 3 aromatic carbocycles. The molecule has 0 saturated carbocycles. The van der Waals surface area contributed by atoms with E-state index in [0.29, 0.717) is 6.42 Å². The second-order valence-electron chi connectivity index (χ2n) is 6.65. The van der Waals surface area contributed by atoms with Gasteiger partial charge >= 0.3 is 0 Å². The van der Waals surface area contributed by atoms with Crippen LogP contribution in [0.3, 0.4) is 0 Å². The molecule has 0 saturated heterocycles. The average molecular weight is 351 g/mol. The monoisotopic (exact) mass is 351 g/mol. The number of phenols is 1. The van der Waals surface area contributed by atoms with Crippen molar-refractivity contribution in [3.8, 4) is 5.75 Å². The third-order valence-electron chi connectivity index (χ3n) is 4.98. The number of phenolic OH excluding ortho intramolecular Hbond substituents is 1. The molecule has 4 rings (SSSR count). The number of anilines is 1. The highest BCUT2D eigenvalue weighted by molar-refractivity contribution is 5.53. The van der Waals surface area contributed by atoms with Crippen molar-refractivity contribution in [3.63, 3.8) is 0 Å². The minimum Gasteiger partial charge on any atom is -0.508 e. The number of aromatic hydroxyl groups is 1. The Morgan fingerprint density at radius 3 is 2.23 bits per heavy atom.